The summed E-state index contributed by atoms with van der Waals surface area (Å²) in [5.41, 5.74) is 0.759. The van der Waals surface area contributed by atoms with Crippen LogP contribution in [0.25, 0.3) is 0 Å². The topological polar surface area (TPSA) is 59.0 Å². The molecule has 1 aromatic heterocycles. The van der Waals surface area contributed by atoms with E-state index in [0.717, 1.165) is 18.5 Å². The molecule has 0 saturated heterocycles. The van der Waals surface area contributed by atoms with Crippen LogP contribution in [0.1, 0.15) is 38.5 Å². The van der Waals surface area contributed by atoms with Crippen molar-refractivity contribution in [1.82, 2.24) is 15.1 Å². The minimum Gasteiger partial charge on any atom is -0.323 e. The number of carbonyl (C=O) groups is 1. The molecule has 1 aliphatic carbocycles. The van der Waals surface area contributed by atoms with Crippen molar-refractivity contribution >= 4 is 11.6 Å². The van der Waals surface area contributed by atoms with E-state index in [1.165, 1.54) is 19.3 Å². The normalized spacial score (nSPS) is 18.6. The number of nitrogens with zero attached hydrogens (tertiary/aromatic N) is 2. The Bertz CT molecular complexity index is 407. The molecule has 0 atom stereocenters. The molecule has 1 aromatic rings. The molecule has 1 saturated carbocycles. The Kier molecular flexibility index (Phi) is 4.01. The van der Waals surface area contributed by atoms with Gasteiger partial charge in [0.25, 0.3) is 0 Å². The smallest absolute Gasteiger partial charge is 0.226 e. The van der Waals surface area contributed by atoms with E-state index >= 15 is 0 Å². The zero-order valence-electron chi connectivity index (χ0n) is 11.2. The molecule has 0 unspecified atom stereocenters. The summed E-state index contributed by atoms with van der Waals surface area (Å²) in [6, 6.07) is 0. The van der Waals surface area contributed by atoms with E-state index in [1.807, 2.05) is 20.3 Å². The minimum absolute atomic E-state index is 0.00938. The SMILES string of the molecule is CNC1(CC(=O)Nc2cnn(C)c2)CCCCC1. The first-order valence-electron chi connectivity index (χ1n) is 6.61. The second kappa shape index (κ2) is 5.52. The number of amides is 1. The lowest BCUT2D eigenvalue weighted by atomic mass is 9.79. The maximum Gasteiger partial charge on any atom is 0.226 e. The second-order valence-electron chi connectivity index (χ2n) is 5.22. The fourth-order valence-electron chi connectivity index (χ4n) is 2.74. The van der Waals surface area contributed by atoms with E-state index in [0.29, 0.717) is 6.42 Å². The summed E-state index contributed by atoms with van der Waals surface area (Å²) in [6.45, 7) is 0. The molecule has 100 valence electrons. The van der Waals surface area contributed by atoms with Crippen LogP contribution in [-0.2, 0) is 11.8 Å². The van der Waals surface area contributed by atoms with Gasteiger partial charge in [0.05, 0.1) is 11.9 Å². The third kappa shape index (κ3) is 3.10. The Morgan fingerprint density at radius 1 is 1.44 bits per heavy atom. The highest BCUT2D eigenvalue weighted by Gasteiger charge is 2.32. The molecule has 1 aliphatic rings. The highest BCUT2D eigenvalue weighted by atomic mass is 16.1. The third-order valence-corrected chi connectivity index (χ3v) is 3.83. The van der Waals surface area contributed by atoms with E-state index in [4.69, 9.17) is 0 Å². The Morgan fingerprint density at radius 2 is 2.17 bits per heavy atom. The number of nitrogens with one attached hydrogen (secondary N) is 2. The van der Waals surface area contributed by atoms with Gasteiger partial charge in [-0.05, 0) is 19.9 Å². The second-order valence-corrected chi connectivity index (χ2v) is 5.22. The zero-order valence-corrected chi connectivity index (χ0v) is 11.2. The van der Waals surface area contributed by atoms with Gasteiger partial charge >= 0.3 is 0 Å². The summed E-state index contributed by atoms with van der Waals surface area (Å²) in [7, 11) is 3.80. The molecule has 0 radical (unpaired) electrons. The van der Waals surface area contributed by atoms with Crippen molar-refractivity contribution < 1.29 is 4.79 Å². The largest absolute Gasteiger partial charge is 0.323 e. The maximum absolute atomic E-state index is 12.1. The van der Waals surface area contributed by atoms with Crippen LogP contribution in [0.4, 0.5) is 5.69 Å². The fourth-order valence-corrected chi connectivity index (χ4v) is 2.74. The van der Waals surface area contributed by atoms with Crippen LogP contribution < -0.4 is 10.6 Å². The quantitative estimate of drug-likeness (QED) is 0.854. The molecule has 2 N–H and O–H groups in total. The highest BCUT2D eigenvalue weighted by Crippen LogP contribution is 2.30. The number of carbonyl (C=O) groups excluding carboxylic acids is 1. The molecule has 1 amide bonds. The van der Waals surface area contributed by atoms with Crippen LogP contribution in [0.3, 0.4) is 0 Å². The van der Waals surface area contributed by atoms with Crippen molar-refractivity contribution in [2.45, 2.75) is 44.1 Å². The monoisotopic (exact) mass is 250 g/mol. The molecule has 5 nitrogen and oxygen atoms in total. The average Bonchev–Trinajstić information content (AvgIpc) is 2.75. The van der Waals surface area contributed by atoms with Gasteiger partial charge in [-0.3, -0.25) is 9.48 Å². The zero-order chi connectivity index (χ0) is 13.0. The number of hydrogen-bond donors (Lipinski definition) is 2. The number of aryl methyl sites for hydroxylation is 1. The molecular formula is C13H22N4O. The Balaban J connectivity index is 1.93. The number of anilines is 1. The lowest BCUT2D eigenvalue weighted by molar-refractivity contribution is -0.117. The van der Waals surface area contributed by atoms with Gasteiger partial charge in [0.15, 0.2) is 0 Å². The van der Waals surface area contributed by atoms with Crippen molar-refractivity contribution in [2.24, 2.45) is 7.05 Å². The molecule has 0 spiro atoms. The van der Waals surface area contributed by atoms with Gasteiger partial charge in [-0.2, -0.15) is 5.10 Å². The summed E-state index contributed by atoms with van der Waals surface area (Å²) in [5.74, 6) is 0.0688. The van der Waals surface area contributed by atoms with Crippen molar-refractivity contribution in [3.8, 4) is 0 Å². The first-order chi connectivity index (χ1) is 8.63. The Hall–Kier alpha value is -1.36. The molecule has 0 aromatic carbocycles. The standard InChI is InChI=1S/C13H22N4O/c1-14-13(6-4-3-5-7-13)8-12(18)16-11-9-15-17(2)10-11/h9-10,14H,3-8H2,1-2H3,(H,16,18). The molecular weight excluding hydrogens is 228 g/mol. The van der Waals surface area contributed by atoms with Crippen LogP contribution in [0.5, 0.6) is 0 Å². The molecule has 0 bridgehead atoms. The van der Waals surface area contributed by atoms with Gasteiger partial charge in [-0.15, -0.1) is 0 Å². The first kappa shape index (κ1) is 13.1. The predicted octanol–water partition coefficient (Wildman–Crippen LogP) is 1.67. The summed E-state index contributed by atoms with van der Waals surface area (Å²) >= 11 is 0. The molecule has 1 heterocycles. The summed E-state index contributed by atoms with van der Waals surface area (Å²) < 4.78 is 1.68. The van der Waals surface area contributed by atoms with E-state index in [-0.39, 0.29) is 11.4 Å². The fraction of sp³-hybridized carbons (Fsp3) is 0.692. The van der Waals surface area contributed by atoms with Crippen LogP contribution in [0.15, 0.2) is 12.4 Å². The highest BCUT2D eigenvalue weighted by molar-refractivity contribution is 5.91. The van der Waals surface area contributed by atoms with Crippen molar-refractivity contribution in [3.05, 3.63) is 12.4 Å². The van der Waals surface area contributed by atoms with Gasteiger partial charge in [0, 0.05) is 25.2 Å². The summed E-state index contributed by atoms with van der Waals surface area (Å²) in [4.78, 5) is 12.1. The maximum atomic E-state index is 12.1. The van der Waals surface area contributed by atoms with Gasteiger partial charge < -0.3 is 10.6 Å². The Labute approximate surface area is 108 Å². The lowest BCUT2D eigenvalue weighted by Gasteiger charge is -2.36. The minimum atomic E-state index is -0.00938. The van der Waals surface area contributed by atoms with Gasteiger partial charge in [-0.1, -0.05) is 19.3 Å². The van der Waals surface area contributed by atoms with Crippen LogP contribution in [0.2, 0.25) is 0 Å². The first-order valence-corrected chi connectivity index (χ1v) is 6.61. The van der Waals surface area contributed by atoms with Crippen molar-refractivity contribution in [3.63, 3.8) is 0 Å². The van der Waals surface area contributed by atoms with Gasteiger partial charge in [0.2, 0.25) is 5.91 Å². The van der Waals surface area contributed by atoms with E-state index in [9.17, 15) is 4.79 Å². The van der Waals surface area contributed by atoms with Crippen molar-refractivity contribution in [2.75, 3.05) is 12.4 Å². The summed E-state index contributed by atoms with van der Waals surface area (Å²) in [5, 5.41) is 10.3. The lowest BCUT2D eigenvalue weighted by Crippen LogP contribution is -2.47. The van der Waals surface area contributed by atoms with E-state index < -0.39 is 0 Å². The predicted molar refractivity (Wildman–Crippen MR) is 71.3 cm³/mol. The van der Waals surface area contributed by atoms with E-state index in [2.05, 4.69) is 15.7 Å². The number of aromatic nitrogens is 2. The molecule has 0 aliphatic heterocycles. The summed E-state index contributed by atoms with van der Waals surface area (Å²) in [6.07, 6.45) is 9.90. The number of rotatable bonds is 4. The average molecular weight is 250 g/mol. The van der Waals surface area contributed by atoms with Crippen LogP contribution in [-0.4, -0.2) is 28.3 Å². The van der Waals surface area contributed by atoms with Crippen molar-refractivity contribution in [1.29, 1.82) is 0 Å². The van der Waals surface area contributed by atoms with E-state index in [1.54, 1.807) is 10.9 Å². The number of hydrogen-bond acceptors (Lipinski definition) is 3. The molecule has 2 rings (SSSR count). The van der Waals surface area contributed by atoms with Gasteiger partial charge in [-0.25, -0.2) is 0 Å². The molecule has 1 fully saturated rings. The van der Waals surface area contributed by atoms with Crippen LogP contribution >= 0.6 is 0 Å². The van der Waals surface area contributed by atoms with Gasteiger partial charge in [0.1, 0.15) is 0 Å². The molecule has 18 heavy (non-hydrogen) atoms. The Morgan fingerprint density at radius 3 is 2.72 bits per heavy atom. The third-order valence-electron chi connectivity index (χ3n) is 3.83. The van der Waals surface area contributed by atoms with Crippen LogP contribution in [0, 0.1) is 0 Å². The molecule has 5 heteroatoms.